The number of carbonyl (C=O) groups is 1. The van der Waals surface area contributed by atoms with E-state index in [0.717, 1.165) is 55.1 Å². The quantitative estimate of drug-likeness (QED) is 0.609. The molecule has 2 heterocycles. The lowest BCUT2D eigenvalue weighted by Crippen LogP contribution is -2.61. The number of methoxy groups -OCH3 is 1. The molecule has 0 spiro atoms. The molecular weight excluding hydrogens is 437 g/mol. The molecule has 0 radical (unpaired) electrons. The number of piperidine rings is 1. The largest absolute Gasteiger partial charge is 0.496 e. The fraction of sp³-hybridized carbons (Fsp3) is 0.458. The number of hydrogen-bond acceptors (Lipinski definition) is 4. The molecule has 1 amide bonds. The Hall–Kier alpha value is -2.19. The summed E-state index contributed by atoms with van der Waals surface area (Å²) in [6, 6.07) is 12.4. The molecule has 4 nitrogen and oxygen atoms in total. The monoisotopic (exact) mass is 464 g/mol. The van der Waals surface area contributed by atoms with Crippen molar-refractivity contribution in [3.63, 3.8) is 0 Å². The average Bonchev–Trinajstić information content (AvgIpc) is 3.04. The first-order valence-corrected chi connectivity index (χ1v) is 11.9. The third kappa shape index (κ3) is 3.88. The van der Waals surface area contributed by atoms with Crippen LogP contribution in [0, 0.1) is 0 Å². The molecule has 8 heteroatoms. The van der Waals surface area contributed by atoms with E-state index in [0.29, 0.717) is 6.04 Å². The summed E-state index contributed by atoms with van der Waals surface area (Å²) >= 11 is 1.10. The topological polar surface area (TPSA) is 41.6 Å². The maximum atomic E-state index is 13.7. The Bertz CT molecular complexity index is 973. The Balaban J connectivity index is 1.79. The smallest absolute Gasteiger partial charge is 0.416 e. The van der Waals surface area contributed by atoms with Crippen LogP contribution < -0.4 is 10.1 Å². The lowest BCUT2D eigenvalue weighted by molar-refractivity contribution is -0.137. The number of likely N-dealkylation sites (N-methyl/N-ethyl adjacent to an activating group) is 1. The normalized spacial score (nSPS) is 25.6. The third-order valence-electron chi connectivity index (χ3n) is 6.97. The number of nitrogens with one attached hydrogen (secondary N) is 1. The molecule has 0 aliphatic carbocycles. The lowest BCUT2D eigenvalue weighted by Gasteiger charge is -2.48. The van der Waals surface area contributed by atoms with E-state index in [-0.39, 0.29) is 22.3 Å². The molecule has 4 rings (SSSR count). The van der Waals surface area contributed by atoms with Crippen molar-refractivity contribution in [1.82, 2.24) is 10.2 Å². The van der Waals surface area contributed by atoms with E-state index < -0.39 is 23.2 Å². The van der Waals surface area contributed by atoms with Crippen molar-refractivity contribution in [1.29, 1.82) is 0 Å². The minimum atomic E-state index is -4.52. The Morgan fingerprint density at radius 3 is 2.53 bits per heavy atom. The van der Waals surface area contributed by atoms with Crippen LogP contribution in [-0.4, -0.2) is 43.3 Å². The van der Waals surface area contributed by atoms with E-state index in [9.17, 15) is 18.0 Å². The van der Waals surface area contributed by atoms with Gasteiger partial charge < -0.3 is 10.1 Å². The first-order valence-electron chi connectivity index (χ1n) is 10.6. The van der Waals surface area contributed by atoms with Crippen molar-refractivity contribution in [2.45, 2.75) is 54.4 Å². The molecular formula is C24H27F3N2O2S. The fourth-order valence-electron chi connectivity index (χ4n) is 5.37. The summed E-state index contributed by atoms with van der Waals surface area (Å²) in [7, 11) is 3.39. The van der Waals surface area contributed by atoms with Gasteiger partial charge in [0.2, 0.25) is 0 Å². The van der Waals surface area contributed by atoms with Gasteiger partial charge in [-0.3, -0.25) is 9.69 Å². The summed E-state index contributed by atoms with van der Waals surface area (Å²) in [5.41, 5.74) is -0.291. The Morgan fingerprint density at radius 1 is 1.19 bits per heavy atom. The molecule has 1 N–H and O–H groups in total. The molecule has 2 aliphatic heterocycles. The molecule has 0 saturated carbocycles. The summed E-state index contributed by atoms with van der Waals surface area (Å²) in [4.78, 5) is 16.3. The molecule has 2 aromatic carbocycles. The van der Waals surface area contributed by atoms with Gasteiger partial charge in [0, 0.05) is 17.0 Å². The molecule has 0 unspecified atom stereocenters. The summed E-state index contributed by atoms with van der Waals surface area (Å²) < 4.78 is 45.4. The van der Waals surface area contributed by atoms with E-state index >= 15 is 0 Å². The van der Waals surface area contributed by atoms with Crippen molar-refractivity contribution in [2.24, 2.45) is 0 Å². The lowest BCUT2D eigenvalue weighted by atomic mass is 9.76. The summed E-state index contributed by atoms with van der Waals surface area (Å²) in [6.07, 6.45) is 0.889. The number of nitrogens with zero attached hydrogens (tertiary/aromatic N) is 1. The van der Waals surface area contributed by atoms with Gasteiger partial charge >= 0.3 is 6.18 Å². The number of ether oxygens (including phenoxy) is 1. The molecule has 32 heavy (non-hydrogen) atoms. The van der Waals surface area contributed by atoms with Crippen LogP contribution in [0.3, 0.4) is 0 Å². The van der Waals surface area contributed by atoms with E-state index in [1.165, 1.54) is 7.11 Å². The second kappa shape index (κ2) is 8.63. The number of hydrogen-bond donors (Lipinski definition) is 1. The third-order valence-corrected chi connectivity index (χ3v) is 7.73. The zero-order valence-electron chi connectivity index (χ0n) is 18.3. The number of rotatable bonds is 5. The van der Waals surface area contributed by atoms with Gasteiger partial charge in [0.1, 0.15) is 5.75 Å². The first-order chi connectivity index (χ1) is 15.2. The summed E-state index contributed by atoms with van der Waals surface area (Å²) in [6.45, 7) is 0. The van der Waals surface area contributed by atoms with Gasteiger partial charge in [-0.2, -0.15) is 13.2 Å². The predicted octanol–water partition coefficient (Wildman–Crippen LogP) is 5.32. The van der Waals surface area contributed by atoms with Gasteiger partial charge in [-0.05, 0) is 56.7 Å². The molecule has 2 aliphatic rings. The Labute approximate surface area is 190 Å². The van der Waals surface area contributed by atoms with Gasteiger partial charge in [-0.15, -0.1) is 11.8 Å². The van der Waals surface area contributed by atoms with Crippen LogP contribution in [0.4, 0.5) is 13.2 Å². The van der Waals surface area contributed by atoms with Crippen LogP contribution in [0.2, 0.25) is 0 Å². The minimum Gasteiger partial charge on any atom is -0.496 e. The number of amides is 1. The zero-order chi connectivity index (χ0) is 23.1. The molecule has 172 valence electrons. The molecule has 3 atom stereocenters. The highest BCUT2D eigenvalue weighted by Crippen LogP contribution is 2.47. The Morgan fingerprint density at radius 2 is 1.91 bits per heavy atom. The molecule has 2 saturated heterocycles. The van der Waals surface area contributed by atoms with Crippen molar-refractivity contribution in [3.05, 3.63) is 59.2 Å². The van der Waals surface area contributed by atoms with E-state index in [1.54, 1.807) is 6.26 Å². The van der Waals surface area contributed by atoms with E-state index in [4.69, 9.17) is 4.74 Å². The second-order valence-corrected chi connectivity index (χ2v) is 9.34. The molecule has 0 aromatic heterocycles. The first kappa shape index (κ1) is 23.0. The van der Waals surface area contributed by atoms with Crippen LogP contribution in [0.1, 0.15) is 47.2 Å². The zero-order valence-corrected chi connectivity index (χ0v) is 19.1. The van der Waals surface area contributed by atoms with Gasteiger partial charge in [0.25, 0.3) is 5.91 Å². The Kier molecular flexibility index (Phi) is 6.20. The molecule has 2 bridgehead atoms. The highest BCUT2D eigenvalue weighted by Gasteiger charge is 2.52. The number of alkyl halides is 3. The van der Waals surface area contributed by atoms with Gasteiger partial charge in [0.15, 0.2) is 0 Å². The molecule has 2 aromatic rings. The van der Waals surface area contributed by atoms with Gasteiger partial charge in [-0.25, -0.2) is 0 Å². The standard InChI is InChI=1S/C24H27F3N2O2S/c1-29-17-9-10-20(29)23(12-11-17,15-7-5-4-6-8-15)28-22(30)21-18(31-2)13-16(24(25,26)27)14-19(21)32-3/h4-8,13-14,17,20H,9-12H2,1-3H3,(H,28,30)/t17-,20-,23-/m0/s1. The van der Waals surface area contributed by atoms with Crippen LogP contribution in [0.25, 0.3) is 0 Å². The average molecular weight is 465 g/mol. The number of thioether (sulfide) groups is 1. The predicted molar refractivity (Wildman–Crippen MR) is 119 cm³/mol. The minimum absolute atomic E-state index is 0.0710. The maximum Gasteiger partial charge on any atom is 0.416 e. The van der Waals surface area contributed by atoms with Crippen LogP contribution >= 0.6 is 11.8 Å². The van der Waals surface area contributed by atoms with Crippen molar-refractivity contribution in [2.75, 3.05) is 20.4 Å². The van der Waals surface area contributed by atoms with Crippen molar-refractivity contribution >= 4 is 17.7 Å². The van der Waals surface area contributed by atoms with Crippen LogP contribution in [-0.2, 0) is 11.7 Å². The SMILES string of the molecule is COc1cc(C(F)(F)F)cc(SC)c1C(=O)N[C@]1(c2ccccc2)CC[C@@H]2CC[C@@H]1N2C. The van der Waals surface area contributed by atoms with Crippen molar-refractivity contribution in [3.8, 4) is 5.75 Å². The number of benzene rings is 2. The fourth-order valence-corrected chi connectivity index (χ4v) is 6.01. The maximum absolute atomic E-state index is 13.7. The van der Waals surface area contributed by atoms with E-state index in [2.05, 4.69) is 17.3 Å². The molecule has 2 fully saturated rings. The van der Waals surface area contributed by atoms with Gasteiger partial charge in [-0.1, -0.05) is 30.3 Å². The van der Waals surface area contributed by atoms with E-state index in [1.807, 2.05) is 30.3 Å². The number of fused-ring (bicyclic) bond motifs is 2. The second-order valence-electron chi connectivity index (χ2n) is 8.50. The van der Waals surface area contributed by atoms with Crippen molar-refractivity contribution < 1.29 is 22.7 Å². The highest BCUT2D eigenvalue weighted by molar-refractivity contribution is 7.98. The number of carbonyl (C=O) groups excluding carboxylic acids is 1. The summed E-state index contributed by atoms with van der Waals surface area (Å²) in [5.74, 6) is -0.485. The van der Waals surface area contributed by atoms with Gasteiger partial charge in [0.05, 0.1) is 23.8 Å². The van der Waals surface area contributed by atoms with Crippen LogP contribution in [0.5, 0.6) is 5.75 Å². The highest BCUT2D eigenvalue weighted by atomic mass is 32.2. The number of halogens is 3. The summed E-state index contributed by atoms with van der Waals surface area (Å²) in [5, 5.41) is 3.28. The van der Waals surface area contributed by atoms with Crippen LogP contribution in [0.15, 0.2) is 47.4 Å².